The number of rotatable bonds is 1. The molecule has 0 heterocycles. The third kappa shape index (κ3) is 2.06. The van der Waals surface area contributed by atoms with Gasteiger partial charge in [0.2, 0.25) is 0 Å². The number of halogens is 2. The Labute approximate surface area is 77.6 Å². The minimum atomic E-state index is -0.740. The van der Waals surface area contributed by atoms with Crippen LogP contribution in [-0.4, -0.2) is 0 Å². The summed E-state index contributed by atoms with van der Waals surface area (Å²) in [5.74, 6) is -0.405. The summed E-state index contributed by atoms with van der Waals surface area (Å²) in [7, 11) is 0. The predicted molar refractivity (Wildman–Crippen MR) is 49.9 cm³/mol. The van der Waals surface area contributed by atoms with Crippen molar-refractivity contribution in [1.82, 2.24) is 0 Å². The second-order valence-corrected chi connectivity index (χ2v) is 4.16. The molecule has 0 aliphatic heterocycles. The lowest BCUT2D eigenvalue weighted by Gasteiger charge is -2.20. The highest BCUT2D eigenvalue weighted by Gasteiger charge is 2.19. The van der Waals surface area contributed by atoms with Gasteiger partial charge >= 0.3 is 0 Å². The summed E-state index contributed by atoms with van der Waals surface area (Å²) < 4.78 is 25.8. The van der Waals surface area contributed by atoms with Crippen molar-refractivity contribution in [2.75, 3.05) is 0 Å². The SMILES string of the molecule is CC(C)(C)c1cccc(CF)c1F. The molecule has 0 amide bonds. The van der Waals surface area contributed by atoms with Crippen molar-refractivity contribution in [1.29, 1.82) is 0 Å². The third-order valence-electron chi connectivity index (χ3n) is 2.03. The lowest BCUT2D eigenvalue weighted by Crippen LogP contribution is -2.14. The van der Waals surface area contributed by atoms with Crippen LogP contribution in [0.4, 0.5) is 8.78 Å². The molecule has 0 aliphatic rings. The van der Waals surface area contributed by atoms with Crippen molar-refractivity contribution in [3.8, 4) is 0 Å². The van der Waals surface area contributed by atoms with Gasteiger partial charge in [-0.15, -0.1) is 0 Å². The Balaban J connectivity index is 3.24. The van der Waals surface area contributed by atoms with E-state index in [1.54, 1.807) is 12.1 Å². The lowest BCUT2D eigenvalue weighted by molar-refractivity contribution is 0.450. The zero-order valence-electron chi connectivity index (χ0n) is 8.20. The Morgan fingerprint density at radius 1 is 1.23 bits per heavy atom. The van der Waals surface area contributed by atoms with E-state index in [2.05, 4.69) is 0 Å². The molecule has 1 aromatic rings. The fraction of sp³-hybridized carbons (Fsp3) is 0.455. The smallest absolute Gasteiger partial charge is 0.132 e. The Morgan fingerprint density at radius 2 is 1.85 bits per heavy atom. The average molecular weight is 184 g/mol. The maximum atomic E-state index is 13.5. The van der Waals surface area contributed by atoms with Crippen LogP contribution >= 0.6 is 0 Å². The highest BCUT2D eigenvalue weighted by atomic mass is 19.1. The first-order valence-corrected chi connectivity index (χ1v) is 4.30. The minimum Gasteiger partial charge on any atom is -0.246 e. The van der Waals surface area contributed by atoms with Gasteiger partial charge in [0.1, 0.15) is 12.5 Å². The van der Waals surface area contributed by atoms with E-state index < -0.39 is 12.5 Å². The maximum Gasteiger partial charge on any atom is 0.132 e. The average Bonchev–Trinajstić information content (AvgIpc) is 2.02. The molecule has 0 aromatic heterocycles. The molecule has 0 nitrogen and oxygen atoms in total. The van der Waals surface area contributed by atoms with E-state index in [4.69, 9.17) is 0 Å². The van der Waals surface area contributed by atoms with Gasteiger partial charge in [0, 0.05) is 5.56 Å². The topological polar surface area (TPSA) is 0 Å². The molecule has 13 heavy (non-hydrogen) atoms. The molecule has 0 radical (unpaired) electrons. The second-order valence-electron chi connectivity index (χ2n) is 4.16. The van der Waals surface area contributed by atoms with E-state index in [-0.39, 0.29) is 11.0 Å². The van der Waals surface area contributed by atoms with Crippen LogP contribution in [0.3, 0.4) is 0 Å². The monoisotopic (exact) mass is 184 g/mol. The van der Waals surface area contributed by atoms with Gasteiger partial charge in [-0.25, -0.2) is 8.78 Å². The molecule has 0 N–H and O–H groups in total. The van der Waals surface area contributed by atoms with E-state index in [0.717, 1.165) is 0 Å². The second kappa shape index (κ2) is 3.44. The van der Waals surface area contributed by atoms with Gasteiger partial charge in [-0.05, 0) is 11.0 Å². The van der Waals surface area contributed by atoms with E-state index in [1.807, 2.05) is 20.8 Å². The molecule has 0 saturated heterocycles. The van der Waals surface area contributed by atoms with Crippen molar-refractivity contribution in [3.05, 3.63) is 35.1 Å². The summed E-state index contributed by atoms with van der Waals surface area (Å²) in [6.45, 7) is 4.99. The van der Waals surface area contributed by atoms with Crippen LogP contribution in [0.5, 0.6) is 0 Å². The van der Waals surface area contributed by atoms with Gasteiger partial charge < -0.3 is 0 Å². The van der Waals surface area contributed by atoms with Gasteiger partial charge in [-0.1, -0.05) is 39.0 Å². The molecule has 0 bridgehead atoms. The van der Waals surface area contributed by atoms with Crippen LogP contribution in [-0.2, 0) is 12.1 Å². The summed E-state index contributed by atoms with van der Waals surface area (Å²) >= 11 is 0. The molecule has 0 saturated carbocycles. The van der Waals surface area contributed by atoms with Crippen LogP contribution in [0.25, 0.3) is 0 Å². The summed E-state index contributed by atoms with van der Waals surface area (Å²) in [5.41, 5.74) is 0.449. The molecule has 0 fully saturated rings. The third-order valence-corrected chi connectivity index (χ3v) is 2.03. The zero-order valence-corrected chi connectivity index (χ0v) is 8.20. The van der Waals surface area contributed by atoms with Crippen LogP contribution in [0.1, 0.15) is 31.9 Å². The van der Waals surface area contributed by atoms with Gasteiger partial charge in [0.25, 0.3) is 0 Å². The van der Waals surface area contributed by atoms with E-state index in [1.165, 1.54) is 6.07 Å². The maximum absolute atomic E-state index is 13.5. The van der Waals surface area contributed by atoms with Crippen molar-refractivity contribution >= 4 is 0 Å². The molecule has 72 valence electrons. The molecular weight excluding hydrogens is 170 g/mol. The Bertz CT molecular complexity index is 297. The van der Waals surface area contributed by atoms with Gasteiger partial charge in [-0.3, -0.25) is 0 Å². The minimum absolute atomic E-state index is 0.146. The molecular formula is C11H14F2. The quantitative estimate of drug-likeness (QED) is 0.625. The van der Waals surface area contributed by atoms with E-state index >= 15 is 0 Å². The Hall–Kier alpha value is -0.920. The standard InChI is InChI=1S/C11H14F2/c1-11(2,3)9-6-4-5-8(7-12)10(9)13/h4-6H,7H2,1-3H3. The largest absolute Gasteiger partial charge is 0.246 e. The number of hydrogen-bond acceptors (Lipinski definition) is 0. The van der Waals surface area contributed by atoms with Crippen LogP contribution in [0.15, 0.2) is 18.2 Å². The normalized spacial score (nSPS) is 11.8. The summed E-state index contributed by atoms with van der Waals surface area (Å²) in [6, 6.07) is 4.87. The summed E-state index contributed by atoms with van der Waals surface area (Å²) in [6.07, 6.45) is 0. The zero-order chi connectivity index (χ0) is 10.1. The number of benzene rings is 1. The van der Waals surface area contributed by atoms with Crippen LogP contribution in [0.2, 0.25) is 0 Å². The van der Waals surface area contributed by atoms with Gasteiger partial charge in [-0.2, -0.15) is 0 Å². The van der Waals surface area contributed by atoms with Crippen LogP contribution in [0, 0.1) is 5.82 Å². The number of hydrogen-bond donors (Lipinski definition) is 0. The fourth-order valence-corrected chi connectivity index (χ4v) is 1.26. The van der Waals surface area contributed by atoms with Gasteiger partial charge in [0.05, 0.1) is 0 Å². The highest BCUT2D eigenvalue weighted by Crippen LogP contribution is 2.26. The molecule has 0 unspecified atom stereocenters. The molecule has 0 aliphatic carbocycles. The van der Waals surface area contributed by atoms with Crippen LogP contribution < -0.4 is 0 Å². The molecule has 2 heteroatoms. The number of alkyl halides is 1. The molecule has 0 spiro atoms. The van der Waals surface area contributed by atoms with Crippen molar-refractivity contribution in [2.45, 2.75) is 32.9 Å². The summed E-state index contributed by atoms with van der Waals surface area (Å²) in [4.78, 5) is 0. The van der Waals surface area contributed by atoms with E-state index in [0.29, 0.717) is 5.56 Å². The lowest BCUT2D eigenvalue weighted by atomic mass is 9.86. The fourth-order valence-electron chi connectivity index (χ4n) is 1.26. The highest BCUT2D eigenvalue weighted by molar-refractivity contribution is 5.30. The van der Waals surface area contributed by atoms with Gasteiger partial charge in [0.15, 0.2) is 0 Å². The first-order chi connectivity index (χ1) is 5.96. The Morgan fingerprint density at radius 3 is 2.31 bits per heavy atom. The first-order valence-electron chi connectivity index (χ1n) is 4.30. The van der Waals surface area contributed by atoms with Crippen molar-refractivity contribution < 1.29 is 8.78 Å². The van der Waals surface area contributed by atoms with Crippen molar-refractivity contribution in [2.24, 2.45) is 0 Å². The molecule has 0 atom stereocenters. The molecule has 1 rings (SSSR count). The van der Waals surface area contributed by atoms with Crippen molar-refractivity contribution in [3.63, 3.8) is 0 Å². The Kier molecular flexibility index (Phi) is 2.69. The van der Waals surface area contributed by atoms with E-state index in [9.17, 15) is 8.78 Å². The predicted octanol–water partition coefficient (Wildman–Crippen LogP) is 3.59. The summed E-state index contributed by atoms with van der Waals surface area (Å²) in [5, 5.41) is 0. The first kappa shape index (κ1) is 10.2. The molecule has 1 aromatic carbocycles.